The summed E-state index contributed by atoms with van der Waals surface area (Å²) in [7, 11) is 0. The normalized spacial score (nSPS) is 32.3. The third-order valence-electron chi connectivity index (χ3n) is 4.91. The molecule has 104 valence electrons. The molecule has 19 heavy (non-hydrogen) atoms. The van der Waals surface area contributed by atoms with Crippen LogP contribution in [0.4, 0.5) is 0 Å². The molecular formula is C17H24ClN. The summed E-state index contributed by atoms with van der Waals surface area (Å²) in [5.41, 5.74) is 1.80. The van der Waals surface area contributed by atoms with Crippen molar-refractivity contribution in [2.45, 2.75) is 39.0 Å². The van der Waals surface area contributed by atoms with Crippen LogP contribution in [0.1, 0.15) is 38.2 Å². The summed E-state index contributed by atoms with van der Waals surface area (Å²) in [5.74, 6) is 2.04. The number of nitrogens with one attached hydrogen (secondary N) is 1. The minimum atomic E-state index is 0.466. The van der Waals surface area contributed by atoms with E-state index >= 15 is 0 Å². The van der Waals surface area contributed by atoms with Crippen molar-refractivity contribution >= 4 is 11.6 Å². The Kier molecular flexibility index (Phi) is 3.86. The summed E-state index contributed by atoms with van der Waals surface area (Å²) >= 11 is 6.35. The molecule has 2 saturated carbocycles. The largest absolute Gasteiger partial charge is 0.316 e. The maximum absolute atomic E-state index is 6.35. The van der Waals surface area contributed by atoms with Gasteiger partial charge in [-0.25, -0.2) is 0 Å². The Morgan fingerprint density at radius 3 is 2.68 bits per heavy atom. The second-order valence-electron chi connectivity index (χ2n) is 6.61. The van der Waals surface area contributed by atoms with Crippen molar-refractivity contribution in [3.05, 3.63) is 34.9 Å². The van der Waals surface area contributed by atoms with E-state index in [0.29, 0.717) is 5.41 Å². The van der Waals surface area contributed by atoms with Gasteiger partial charge in [-0.1, -0.05) is 36.7 Å². The maximum Gasteiger partial charge on any atom is 0.0438 e. The van der Waals surface area contributed by atoms with Crippen LogP contribution < -0.4 is 5.32 Å². The Bertz CT molecular complexity index is 433. The first-order valence-electron chi connectivity index (χ1n) is 7.66. The second kappa shape index (κ2) is 5.46. The van der Waals surface area contributed by atoms with Gasteiger partial charge in [-0.05, 0) is 67.5 Å². The molecule has 0 aliphatic heterocycles. The number of benzene rings is 1. The number of hydrogen-bond acceptors (Lipinski definition) is 1. The van der Waals surface area contributed by atoms with Crippen LogP contribution >= 0.6 is 11.6 Å². The van der Waals surface area contributed by atoms with E-state index in [1.165, 1.54) is 37.8 Å². The molecule has 1 N–H and O–H groups in total. The van der Waals surface area contributed by atoms with Crippen molar-refractivity contribution in [1.29, 1.82) is 0 Å². The zero-order valence-electron chi connectivity index (χ0n) is 11.8. The van der Waals surface area contributed by atoms with Crippen molar-refractivity contribution < 1.29 is 0 Å². The smallest absolute Gasteiger partial charge is 0.0438 e. The fraction of sp³-hybridized carbons (Fsp3) is 0.647. The number of rotatable bonds is 6. The molecule has 3 rings (SSSR count). The highest BCUT2D eigenvalue weighted by Crippen LogP contribution is 2.60. The van der Waals surface area contributed by atoms with E-state index in [1.807, 2.05) is 12.1 Å². The van der Waals surface area contributed by atoms with Gasteiger partial charge in [0.25, 0.3) is 0 Å². The van der Waals surface area contributed by atoms with Gasteiger partial charge in [-0.2, -0.15) is 0 Å². The molecule has 0 radical (unpaired) electrons. The minimum absolute atomic E-state index is 0.466. The van der Waals surface area contributed by atoms with E-state index in [4.69, 9.17) is 11.6 Å². The lowest BCUT2D eigenvalue weighted by molar-refractivity contribution is 0.249. The van der Waals surface area contributed by atoms with Gasteiger partial charge >= 0.3 is 0 Å². The van der Waals surface area contributed by atoms with Crippen molar-refractivity contribution in [3.8, 4) is 0 Å². The summed E-state index contributed by atoms with van der Waals surface area (Å²) in [4.78, 5) is 0. The van der Waals surface area contributed by atoms with Crippen LogP contribution in [0, 0.1) is 17.3 Å². The van der Waals surface area contributed by atoms with Crippen LogP contribution in [0.3, 0.4) is 0 Å². The third kappa shape index (κ3) is 2.98. The van der Waals surface area contributed by atoms with Crippen molar-refractivity contribution in [2.24, 2.45) is 17.3 Å². The molecule has 2 atom stereocenters. The minimum Gasteiger partial charge on any atom is -0.316 e. The highest BCUT2D eigenvalue weighted by Gasteiger charge is 2.53. The van der Waals surface area contributed by atoms with Crippen LogP contribution in [0.2, 0.25) is 5.02 Å². The molecule has 2 heteroatoms. The molecule has 2 aliphatic carbocycles. The molecule has 1 aromatic rings. The topological polar surface area (TPSA) is 12.0 Å². The average molecular weight is 278 g/mol. The lowest BCUT2D eigenvalue weighted by atomic mass is 9.77. The molecule has 0 aromatic heterocycles. The van der Waals surface area contributed by atoms with Crippen LogP contribution in [0.25, 0.3) is 0 Å². The highest BCUT2D eigenvalue weighted by atomic mass is 35.5. The zero-order chi connectivity index (χ0) is 13.3. The predicted octanol–water partition coefficient (Wildman–Crippen LogP) is 4.30. The Balaban J connectivity index is 1.71. The third-order valence-corrected chi connectivity index (χ3v) is 5.28. The number of fused-ring (bicyclic) bond motifs is 1. The highest BCUT2D eigenvalue weighted by molar-refractivity contribution is 6.31. The van der Waals surface area contributed by atoms with Crippen LogP contribution in [-0.2, 0) is 6.42 Å². The number of hydrogen-bond donors (Lipinski definition) is 1. The maximum atomic E-state index is 6.35. The molecule has 0 heterocycles. The summed E-state index contributed by atoms with van der Waals surface area (Å²) in [6, 6.07) is 8.37. The molecule has 0 amide bonds. The molecule has 1 nitrogen and oxygen atoms in total. The van der Waals surface area contributed by atoms with E-state index in [-0.39, 0.29) is 0 Å². The zero-order valence-corrected chi connectivity index (χ0v) is 12.5. The Morgan fingerprint density at radius 1 is 1.26 bits per heavy atom. The molecule has 0 bridgehead atoms. The summed E-state index contributed by atoms with van der Waals surface area (Å²) in [6.45, 7) is 4.54. The molecule has 2 aliphatic rings. The van der Waals surface area contributed by atoms with Gasteiger partial charge in [0.1, 0.15) is 0 Å². The van der Waals surface area contributed by atoms with E-state index in [1.54, 1.807) is 0 Å². The molecular weight excluding hydrogens is 254 g/mol. The lowest BCUT2D eigenvalue weighted by Crippen LogP contribution is -2.35. The van der Waals surface area contributed by atoms with E-state index in [0.717, 1.165) is 29.8 Å². The first-order valence-corrected chi connectivity index (χ1v) is 8.04. The molecule has 2 unspecified atom stereocenters. The van der Waals surface area contributed by atoms with Gasteiger partial charge in [0.15, 0.2) is 0 Å². The van der Waals surface area contributed by atoms with Gasteiger partial charge in [0.05, 0.1) is 0 Å². The van der Waals surface area contributed by atoms with Crippen molar-refractivity contribution in [1.82, 2.24) is 5.32 Å². The van der Waals surface area contributed by atoms with Gasteiger partial charge < -0.3 is 5.32 Å². The Morgan fingerprint density at radius 2 is 2.00 bits per heavy atom. The standard InChI is InChI=1S/C17H24ClN/c1-2-7-19-12-17(10-14-8-15(14)11-17)9-13-5-3-4-6-16(13)18/h3-6,14-15,19H,2,7-12H2,1H3. The van der Waals surface area contributed by atoms with Crippen LogP contribution in [-0.4, -0.2) is 13.1 Å². The number of halogens is 1. The second-order valence-corrected chi connectivity index (χ2v) is 7.02. The monoisotopic (exact) mass is 277 g/mol. The molecule has 0 saturated heterocycles. The van der Waals surface area contributed by atoms with Gasteiger partial charge in [-0.3, -0.25) is 0 Å². The predicted molar refractivity (Wildman–Crippen MR) is 81.6 cm³/mol. The van der Waals surface area contributed by atoms with Gasteiger partial charge in [-0.15, -0.1) is 0 Å². The molecule has 0 spiro atoms. The fourth-order valence-electron chi connectivity index (χ4n) is 3.93. The molecule has 2 fully saturated rings. The van der Waals surface area contributed by atoms with Crippen LogP contribution in [0.15, 0.2) is 24.3 Å². The van der Waals surface area contributed by atoms with Crippen molar-refractivity contribution in [3.63, 3.8) is 0 Å². The first kappa shape index (κ1) is 13.5. The van der Waals surface area contributed by atoms with Crippen LogP contribution in [0.5, 0.6) is 0 Å². The lowest BCUT2D eigenvalue weighted by Gasteiger charge is -2.32. The molecule has 1 aromatic carbocycles. The quantitative estimate of drug-likeness (QED) is 0.765. The fourth-order valence-corrected chi connectivity index (χ4v) is 4.14. The Hall–Kier alpha value is -0.530. The SMILES string of the molecule is CCCNCC1(Cc2ccccc2Cl)CC2CC2C1. The summed E-state index contributed by atoms with van der Waals surface area (Å²) in [5, 5.41) is 4.60. The average Bonchev–Trinajstić information content (AvgIpc) is 3.01. The van der Waals surface area contributed by atoms with E-state index < -0.39 is 0 Å². The summed E-state index contributed by atoms with van der Waals surface area (Å²) < 4.78 is 0. The van der Waals surface area contributed by atoms with E-state index in [2.05, 4.69) is 24.4 Å². The van der Waals surface area contributed by atoms with E-state index in [9.17, 15) is 0 Å². The Labute approximate surface area is 121 Å². The van der Waals surface area contributed by atoms with Gasteiger partial charge in [0.2, 0.25) is 0 Å². The summed E-state index contributed by atoms with van der Waals surface area (Å²) in [6.07, 6.45) is 6.66. The first-order chi connectivity index (χ1) is 9.22. The van der Waals surface area contributed by atoms with Gasteiger partial charge in [0, 0.05) is 11.6 Å². The van der Waals surface area contributed by atoms with Crippen molar-refractivity contribution in [2.75, 3.05) is 13.1 Å².